The number of amides is 3. The van der Waals surface area contributed by atoms with Crippen LogP contribution in [0.4, 0.5) is 5.69 Å². The SMILES string of the molecule is O=C([O-])COCC(=O)N1CCN2C(=O)c3cc(-c4cccs4)ccc3NC(=O)[C@@H]2C1. The lowest BCUT2D eigenvalue weighted by Gasteiger charge is -2.39. The Bertz CT molecular complexity index is 1010. The smallest absolute Gasteiger partial charge is 0.256 e. The van der Waals surface area contributed by atoms with Gasteiger partial charge in [-0.05, 0) is 29.1 Å². The maximum atomic E-state index is 13.2. The molecule has 2 aromatic rings. The maximum absolute atomic E-state index is 13.2. The van der Waals surface area contributed by atoms with Gasteiger partial charge in [0.05, 0.1) is 30.4 Å². The normalized spacial score (nSPS) is 18.3. The van der Waals surface area contributed by atoms with Gasteiger partial charge in [0.25, 0.3) is 5.91 Å². The number of thiophene rings is 1. The van der Waals surface area contributed by atoms with E-state index < -0.39 is 31.1 Å². The van der Waals surface area contributed by atoms with E-state index in [0.717, 1.165) is 10.4 Å². The summed E-state index contributed by atoms with van der Waals surface area (Å²) in [5.74, 6) is -2.51. The molecule has 10 heteroatoms. The van der Waals surface area contributed by atoms with E-state index in [1.165, 1.54) is 9.80 Å². The molecule has 1 fully saturated rings. The van der Waals surface area contributed by atoms with Crippen molar-refractivity contribution in [3.05, 3.63) is 41.3 Å². The first-order chi connectivity index (χ1) is 14.4. The fourth-order valence-electron chi connectivity index (χ4n) is 3.59. The van der Waals surface area contributed by atoms with Crippen LogP contribution in [0.2, 0.25) is 0 Å². The quantitative estimate of drug-likeness (QED) is 0.704. The molecule has 0 unspecified atom stereocenters. The van der Waals surface area contributed by atoms with Crippen molar-refractivity contribution < 1.29 is 29.0 Å². The van der Waals surface area contributed by atoms with Crippen LogP contribution in [0.1, 0.15) is 10.4 Å². The summed E-state index contributed by atoms with van der Waals surface area (Å²) in [7, 11) is 0. The standard InChI is InChI=1S/C20H19N3O6S/c24-17(10-29-11-18(25)26)22-5-6-23-15(9-22)19(27)21-14-4-3-12(8-13(14)20(23)28)16-2-1-7-30-16/h1-4,7-8,15H,5-6,9-11H2,(H,21,27)(H,25,26)/p-1/t15-/m0/s1. The van der Waals surface area contributed by atoms with Gasteiger partial charge in [-0.2, -0.15) is 0 Å². The van der Waals surface area contributed by atoms with Crippen LogP contribution in [0.15, 0.2) is 35.7 Å². The number of piperazine rings is 1. The van der Waals surface area contributed by atoms with Gasteiger partial charge in [0.2, 0.25) is 11.8 Å². The van der Waals surface area contributed by atoms with E-state index in [9.17, 15) is 24.3 Å². The number of ether oxygens (including phenoxy) is 1. The Hall–Kier alpha value is -3.24. The highest BCUT2D eigenvalue weighted by atomic mass is 32.1. The number of carboxylic acid groups (broad SMARTS) is 1. The molecule has 4 rings (SSSR count). The first kappa shape index (κ1) is 20.0. The third kappa shape index (κ3) is 3.91. The number of fused-ring (bicyclic) bond motifs is 2. The molecule has 1 aromatic carbocycles. The van der Waals surface area contributed by atoms with Gasteiger partial charge in [0, 0.05) is 18.0 Å². The van der Waals surface area contributed by atoms with Gasteiger partial charge in [0.1, 0.15) is 12.6 Å². The van der Waals surface area contributed by atoms with E-state index in [0.29, 0.717) is 11.3 Å². The third-order valence-electron chi connectivity index (χ3n) is 5.06. The van der Waals surface area contributed by atoms with Crippen LogP contribution in [0.25, 0.3) is 10.4 Å². The van der Waals surface area contributed by atoms with E-state index in [1.807, 2.05) is 23.6 Å². The highest BCUT2D eigenvalue weighted by Crippen LogP contribution is 2.32. The first-order valence-corrected chi connectivity index (χ1v) is 10.2. The molecule has 0 aliphatic carbocycles. The van der Waals surface area contributed by atoms with Crippen molar-refractivity contribution in [3.63, 3.8) is 0 Å². The maximum Gasteiger partial charge on any atom is 0.256 e. The topological polar surface area (TPSA) is 119 Å². The summed E-state index contributed by atoms with van der Waals surface area (Å²) in [6.07, 6.45) is 0. The molecule has 2 aliphatic heterocycles. The minimum atomic E-state index is -1.42. The Morgan fingerprint density at radius 1 is 1.20 bits per heavy atom. The predicted octanol–water partition coefficient (Wildman–Crippen LogP) is -0.213. The number of carbonyl (C=O) groups is 4. The van der Waals surface area contributed by atoms with Crippen LogP contribution in [-0.4, -0.2) is 72.4 Å². The molecule has 1 aromatic heterocycles. The van der Waals surface area contributed by atoms with Crippen LogP contribution in [0.5, 0.6) is 0 Å². The Morgan fingerprint density at radius 2 is 2.03 bits per heavy atom. The zero-order valence-electron chi connectivity index (χ0n) is 15.8. The Kier molecular flexibility index (Phi) is 5.51. The van der Waals surface area contributed by atoms with Gasteiger partial charge in [-0.25, -0.2) is 0 Å². The lowest BCUT2D eigenvalue weighted by atomic mass is 10.1. The predicted molar refractivity (Wildman–Crippen MR) is 106 cm³/mol. The highest BCUT2D eigenvalue weighted by Gasteiger charge is 2.40. The van der Waals surface area contributed by atoms with Crippen molar-refractivity contribution in [3.8, 4) is 10.4 Å². The van der Waals surface area contributed by atoms with Crippen LogP contribution in [0.3, 0.4) is 0 Å². The molecule has 156 valence electrons. The molecule has 1 atom stereocenters. The van der Waals surface area contributed by atoms with Crippen LogP contribution in [-0.2, 0) is 19.1 Å². The second-order valence-electron chi connectivity index (χ2n) is 6.95. The molecule has 0 saturated carbocycles. The van der Waals surface area contributed by atoms with Gasteiger partial charge in [-0.3, -0.25) is 14.4 Å². The largest absolute Gasteiger partial charge is 0.548 e. The number of benzene rings is 1. The molecule has 0 radical (unpaired) electrons. The summed E-state index contributed by atoms with van der Waals surface area (Å²) in [5, 5.41) is 15.2. The Labute approximate surface area is 175 Å². The fraction of sp³-hybridized carbons (Fsp3) is 0.300. The molecule has 9 nitrogen and oxygen atoms in total. The summed E-state index contributed by atoms with van der Waals surface area (Å²) in [4.78, 5) is 52.6. The Morgan fingerprint density at radius 3 is 2.77 bits per heavy atom. The second kappa shape index (κ2) is 8.25. The lowest BCUT2D eigenvalue weighted by molar-refractivity contribution is -0.309. The minimum Gasteiger partial charge on any atom is -0.548 e. The molecule has 1 saturated heterocycles. The van der Waals surface area contributed by atoms with Gasteiger partial charge in [-0.1, -0.05) is 12.1 Å². The summed E-state index contributed by atoms with van der Waals surface area (Å²) in [5.41, 5.74) is 1.74. The van der Waals surface area contributed by atoms with Crippen molar-refractivity contribution in [2.75, 3.05) is 38.2 Å². The van der Waals surface area contributed by atoms with Crippen molar-refractivity contribution in [1.29, 1.82) is 0 Å². The zero-order valence-corrected chi connectivity index (χ0v) is 16.6. The van der Waals surface area contributed by atoms with Crippen LogP contribution in [0, 0.1) is 0 Å². The highest BCUT2D eigenvalue weighted by molar-refractivity contribution is 7.13. The van der Waals surface area contributed by atoms with Crippen molar-refractivity contribution >= 4 is 40.7 Å². The zero-order chi connectivity index (χ0) is 21.3. The molecule has 0 bridgehead atoms. The first-order valence-electron chi connectivity index (χ1n) is 9.29. The molecule has 3 heterocycles. The second-order valence-corrected chi connectivity index (χ2v) is 7.89. The molecular weight excluding hydrogens is 410 g/mol. The van der Waals surface area contributed by atoms with Crippen molar-refractivity contribution in [1.82, 2.24) is 9.80 Å². The van der Waals surface area contributed by atoms with Crippen molar-refractivity contribution in [2.45, 2.75) is 6.04 Å². The monoisotopic (exact) mass is 428 g/mol. The molecule has 1 N–H and O–H groups in total. The number of hydrogen-bond acceptors (Lipinski definition) is 7. The van der Waals surface area contributed by atoms with Gasteiger partial charge < -0.3 is 29.8 Å². The summed E-state index contributed by atoms with van der Waals surface area (Å²) in [6.45, 7) is -0.692. The summed E-state index contributed by atoms with van der Waals surface area (Å²) in [6, 6.07) is 8.40. The minimum absolute atomic E-state index is 0.0108. The van der Waals surface area contributed by atoms with E-state index in [1.54, 1.807) is 23.5 Å². The number of carbonyl (C=O) groups excluding carboxylic acids is 4. The van der Waals surface area contributed by atoms with E-state index in [4.69, 9.17) is 4.74 Å². The van der Waals surface area contributed by atoms with Gasteiger partial charge in [0.15, 0.2) is 0 Å². The number of aliphatic carboxylic acids is 1. The molecule has 30 heavy (non-hydrogen) atoms. The lowest BCUT2D eigenvalue weighted by Crippen LogP contribution is -2.60. The summed E-state index contributed by atoms with van der Waals surface area (Å²) < 4.78 is 4.78. The van der Waals surface area contributed by atoms with Crippen LogP contribution < -0.4 is 10.4 Å². The molecular formula is C20H18N3O6S-. The number of anilines is 1. The number of hydrogen-bond donors (Lipinski definition) is 1. The number of carboxylic acids is 1. The molecule has 2 aliphatic rings. The number of nitrogens with one attached hydrogen (secondary N) is 1. The van der Waals surface area contributed by atoms with Crippen LogP contribution >= 0.6 is 11.3 Å². The molecule has 0 spiro atoms. The fourth-order valence-corrected chi connectivity index (χ4v) is 4.31. The van der Waals surface area contributed by atoms with Gasteiger partial charge >= 0.3 is 0 Å². The number of rotatable bonds is 5. The van der Waals surface area contributed by atoms with Crippen molar-refractivity contribution in [2.24, 2.45) is 0 Å². The molecule has 3 amide bonds. The number of nitrogens with zero attached hydrogens (tertiary/aromatic N) is 2. The van der Waals surface area contributed by atoms with Gasteiger partial charge in [-0.15, -0.1) is 11.3 Å². The Balaban J connectivity index is 1.52. The average molecular weight is 428 g/mol. The third-order valence-corrected chi connectivity index (χ3v) is 5.97. The van der Waals surface area contributed by atoms with E-state index in [2.05, 4.69) is 5.32 Å². The van der Waals surface area contributed by atoms with E-state index in [-0.39, 0.29) is 31.4 Å². The summed E-state index contributed by atoms with van der Waals surface area (Å²) >= 11 is 1.56. The van der Waals surface area contributed by atoms with E-state index >= 15 is 0 Å². The average Bonchev–Trinajstić information content (AvgIpc) is 3.24.